The number of carboxylic acid groups (broad SMARTS) is 1. The van der Waals surface area contributed by atoms with E-state index in [2.05, 4.69) is 9.88 Å². The number of ether oxygens (including phenoxy) is 3. The van der Waals surface area contributed by atoms with Crippen LogP contribution >= 0.6 is 0 Å². The molecule has 1 aliphatic rings. The number of carboxylic acids is 1. The number of hydrogen-bond acceptors (Lipinski definition) is 5. The van der Waals surface area contributed by atoms with Crippen molar-refractivity contribution in [2.45, 2.75) is 33.5 Å². The first-order chi connectivity index (χ1) is 15.0. The number of carbonyl (C=O) groups is 1. The molecule has 0 aliphatic carbocycles. The smallest absolute Gasteiger partial charge is 0.337 e. The van der Waals surface area contributed by atoms with Gasteiger partial charge in [0.2, 0.25) is 6.79 Å². The maximum atomic E-state index is 12.0. The van der Waals surface area contributed by atoms with Crippen molar-refractivity contribution in [2.75, 3.05) is 13.9 Å². The Balaban J connectivity index is 1.52. The van der Waals surface area contributed by atoms with Crippen molar-refractivity contribution in [1.29, 1.82) is 0 Å². The van der Waals surface area contributed by atoms with Crippen LogP contribution in [0.25, 0.3) is 0 Å². The minimum Gasteiger partial charge on any atom is -0.497 e. The summed E-state index contributed by atoms with van der Waals surface area (Å²) >= 11 is 0. The first-order valence-corrected chi connectivity index (χ1v) is 10.1. The van der Waals surface area contributed by atoms with Gasteiger partial charge in [0.15, 0.2) is 11.5 Å². The van der Waals surface area contributed by atoms with Gasteiger partial charge in [0.05, 0.1) is 12.7 Å². The van der Waals surface area contributed by atoms with E-state index in [9.17, 15) is 9.90 Å². The Bertz CT molecular complexity index is 1100. The van der Waals surface area contributed by atoms with E-state index in [1.807, 2.05) is 56.3 Å². The largest absolute Gasteiger partial charge is 0.497 e. The third kappa shape index (κ3) is 4.22. The second kappa shape index (κ2) is 8.73. The number of aromatic carboxylic acids is 1. The molecule has 0 saturated heterocycles. The van der Waals surface area contributed by atoms with Crippen LogP contribution in [0.4, 0.5) is 0 Å². The van der Waals surface area contributed by atoms with Gasteiger partial charge in [-0.05, 0) is 49.2 Å². The highest BCUT2D eigenvalue weighted by Crippen LogP contribution is 2.32. The summed E-state index contributed by atoms with van der Waals surface area (Å²) in [6.07, 6.45) is 0. The van der Waals surface area contributed by atoms with Crippen molar-refractivity contribution in [1.82, 2.24) is 9.88 Å². The Labute approximate surface area is 181 Å². The van der Waals surface area contributed by atoms with Crippen LogP contribution in [0.5, 0.6) is 17.2 Å². The second-order valence-electron chi connectivity index (χ2n) is 7.55. The highest BCUT2D eigenvalue weighted by atomic mass is 16.7. The third-order valence-electron chi connectivity index (χ3n) is 5.69. The number of nitrogens with one attached hydrogen (secondary N) is 1. The number of fused-ring (bicyclic) bond motifs is 1. The molecule has 162 valence electrons. The Morgan fingerprint density at radius 3 is 2.45 bits per heavy atom. The minimum atomic E-state index is -0.908. The molecule has 0 spiro atoms. The molecule has 0 unspecified atom stereocenters. The van der Waals surface area contributed by atoms with E-state index in [1.165, 1.54) is 0 Å². The fourth-order valence-corrected chi connectivity index (χ4v) is 3.98. The molecule has 0 bridgehead atoms. The van der Waals surface area contributed by atoms with Crippen molar-refractivity contribution in [3.63, 3.8) is 0 Å². The summed E-state index contributed by atoms with van der Waals surface area (Å²) in [6.45, 7) is 5.73. The summed E-state index contributed by atoms with van der Waals surface area (Å²) in [7, 11) is 1.64. The molecule has 2 aromatic carbocycles. The van der Waals surface area contributed by atoms with Crippen molar-refractivity contribution in [2.24, 2.45) is 0 Å². The van der Waals surface area contributed by atoms with E-state index in [0.29, 0.717) is 25.2 Å². The van der Waals surface area contributed by atoms with Crippen LogP contribution in [0.15, 0.2) is 42.5 Å². The first-order valence-electron chi connectivity index (χ1n) is 10.1. The fraction of sp³-hybridized carbons (Fsp3) is 0.292. The van der Waals surface area contributed by atoms with E-state index in [-0.39, 0.29) is 6.79 Å². The van der Waals surface area contributed by atoms with Gasteiger partial charge in [0.25, 0.3) is 0 Å². The molecule has 31 heavy (non-hydrogen) atoms. The van der Waals surface area contributed by atoms with Gasteiger partial charge in [0.1, 0.15) is 5.75 Å². The van der Waals surface area contributed by atoms with Crippen molar-refractivity contribution >= 4 is 5.97 Å². The van der Waals surface area contributed by atoms with Crippen LogP contribution in [0.1, 0.15) is 38.4 Å². The molecule has 2 N–H and O–H groups in total. The topological polar surface area (TPSA) is 82.0 Å². The molecule has 7 heteroatoms. The Hall–Kier alpha value is -3.45. The molecule has 4 rings (SSSR count). The van der Waals surface area contributed by atoms with Gasteiger partial charge < -0.3 is 29.2 Å². The summed E-state index contributed by atoms with van der Waals surface area (Å²) in [6, 6.07) is 13.6. The summed E-state index contributed by atoms with van der Waals surface area (Å²) in [4.78, 5) is 12.0. The average molecular weight is 422 g/mol. The van der Waals surface area contributed by atoms with Gasteiger partial charge in [-0.3, -0.25) is 0 Å². The van der Waals surface area contributed by atoms with E-state index in [1.54, 1.807) is 7.11 Å². The van der Waals surface area contributed by atoms with Crippen molar-refractivity contribution in [3.8, 4) is 17.2 Å². The summed E-state index contributed by atoms with van der Waals surface area (Å²) in [5.74, 6) is 1.38. The zero-order valence-electron chi connectivity index (χ0n) is 17.9. The molecule has 0 fully saturated rings. The standard InChI is InChI=1S/C24H26N2O5/c1-15-20(12-25-11-18-6-9-21-22(10-18)31-14-30-21)23(24(27)28)16(2)26(15)13-17-4-7-19(29-3)8-5-17/h4-10,25H,11-14H2,1-3H3,(H,27,28). The lowest BCUT2D eigenvalue weighted by atomic mass is 10.1. The SMILES string of the molecule is COc1ccc(Cn2c(C)c(CNCc3ccc4c(c3)OCO4)c(C(=O)O)c2C)cc1. The zero-order valence-corrected chi connectivity index (χ0v) is 17.9. The van der Waals surface area contributed by atoms with E-state index in [4.69, 9.17) is 14.2 Å². The van der Waals surface area contributed by atoms with Gasteiger partial charge in [-0.25, -0.2) is 4.79 Å². The van der Waals surface area contributed by atoms with Crippen LogP contribution < -0.4 is 19.5 Å². The number of methoxy groups -OCH3 is 1. The second-order valence-corrected chi connectivity index (χ2v) is 7.55. The number of hydrogen-bond donors (Lipinski definition) is 2. The molecule has 0 saturated carbocycles. The van der Waals surface area contributed by atoms with Gasteiger partial charge in [-0.1, -0.05) is 18.2 Å². The lowest BCUT2D eigenvalue weighted by molar-refractivity contribution is 0.0694. The van der Waals surface area contributed by atoms with E-state index < -0.39 is 5.97 Å². The molecule has 1 aromatic heterocycles. The lowest BCUT2D eigenvalue weighted by Gasteiger charge is -2.11. The Kier molecular flexibility index (Phi) is 5.86. The van der Waals surface area contributed by atoms with E-state index >= 15 is 0 Å². The maximum Gasteiger partial charge on any atom is 0.337 e. The lowest BCUT2D eigenvalue weighted by Crippen LogP contribution is -2.15. The summed E-state index contributed by atoms with van der Waals surface area (Å²) in [5, 5.41) is 13.2. The molecule has 7 nitrogen and oxygen atoms in total. The monoisotopic (exact) mass is 422 g/mol. The summed E-state index contributed by atoms with van der Waals surface area (Å²) in [5.41, 5.74) is 5.00. The third-order valence-corrected chi connectivity index (χ3v) is 5.69. The molecule has 0 amide bonds. The predicted molar refractivity (Wildman–Crippen MR) is 116 cm³/mol. The van der Waals surface area contributed by atoms with Crippen molar-refractivity contribution < 1.29 is 24.1 Å². The fourth-order valence-electron chi connectivity index (χ4n) is 3.98. The molecule has 0 radical (unpaired) electrons. The highest BCUT2D eigenvalue weighted by Gasteiger charge is 2.22. The average Bonchev–Trinajstić information content (AvgIpc) is 3.32. The van der Waals surface area contributed by atoms with Gasteiger partial charge >= 0.3 is 5.97 Å². The summed E-state index contributed by atoms with van der Waals surface area (Å²) < 4.78 is 18.0. The molecule has 1 aliphatic heterocycles. The number of aromatic nitrogens is 1. The predicted octanol–water partition coefficient (Wildman–Crippen LogP) is 3.88. The first kappa shape index (κ1) is 20.8. The van der Waals surface area contributed by atoms with Crippen LogP contribution in [0.3, 0.4) is 0 Å². The highest BCUT2D eigenvalue weighted by molar-refractivity contribution is 5.91. The number of rotatable bonds is 8. The van der Waals surface area contributed by atoms with Gasteiger partial charge in [-0.15, -0.1) is 0 Å². The van der Waals surface area contributed by atoms with Crippen LogP contribution in [0.2, 0.25) is 0 Å². The van der Waals surface area contributed by atoms with Crippen LogP contribution in [-0.4, -0.2) is 29.5 Å². The minimum absolute atomic E-state index is 0.244. The number of benzene rings is 2. The van der Waals surface area contributed by atoms with Crippen molar-refractivity contribution in [3.05, 3.63) is 76.1 Å². The molecule has 2 heterocycles. The Morgan fingerprint density at radius 2 is 1.74 bits per heavy atom. The maximum absolute atomic E-state index is 12.0. The normalized spacial score (nSPS) is 12.2. The molecule has 0 atom stereocenters. The molecular weight excluding hydrogens is 396 g/mol. The van der Waals surface area contributed by atoms with E-state index in [0.717, 1.165) is 45.3 Å². The molecule has 3 aromatic rings. The van der Waals surface area contributed by atoms with Crippen LogP contribution in [-0.2, 0) is 19.6 Å². The molecular formula is C24H26N2O5. The van der Waals surface area contributed by atoms with Crippen LogP contribution in [0, 0.1) is 13.8 Å². The zero-order chi connectivity index (χ0) is 22.0. The Morgan fingerprint density at radius 1 is 1.03 bits per heavy atom. The quantitative estimate of drug-likeness (QED) is 0.573. The number of nitrogens with zero attached hydrogens (tertiary/aromatic N) is 1. The van der Waals surface area contributed by atoms with Gasteiger partial charge in [-0.2, -0.15) is 0 Å². The van der Waals surface area contributed by atoms with Gasteiger partial charge in [0, 0.05) is 36.6 Å².